The highest BCUT2D eigenvalue weighted by Crippen LogP contribution is 2.35. The largest absolute Gasteiger partial charge is 0.487 e. The standard InChI is InChI=1S/C32H43ClN10O5/c1-23(20-42-22-36-39-40-42)48-30-17-24(3-8-28(30)33)25-18-34-32(35-19-25)37-29-21-43(38-31(29)47-16-15-46-14-13-44-2)27-6-4-26(5-7-27)41-9-11-45-12-10-41/h3,8,17-19,21-23,26-27H,4-7,9-16,20H2,1-2H3,(H,34,35,37)/t23-,26-,27-/m0/s1. The molecular formula is C32H43ClN10O5. The maximum Gasteiger partial charge on any atom is 0.257 e. The summed E-state index contributed by atoms with van der Waals surface area (Å²) in [7, 11) is 1.65. The monoisotopic (exact) mass is 682 g/mol. The lowest BCUT2D eigenvalue weighted by Gasteiger charge is -2.38. The number of methoxy groups -OCH3 is 1. The van der Waals surface area contributed by atoms with Crippen LogP contribution in [-0.4, -0.2) is 117 Å². The topological polar surface area (TPSA) is 149 Å². The van der Waals surface area contributed by atoms with Gasteiger partial charge in [-0.1, -0.05) is 17.7 Å². The molecule has 1 aliphatic heterocycles. The molecule has 4 heterocycles. The lowest BCUT2D eigenvalue weighted by Crippen LogP contribution is -2.45. The van der Waals surface area contributed by atoms with Crippen molar-refractivity contribution in [1.82, 2.24) is 44.9 Å². The van der Waals surface area contributed by atoms with E-state index in [1.807, 2.05) is 29.9 Å². The maximum atomic E-state index is 6.46. The van der Waals surface area contributed by atoms with Crippen molar-refractivity contribution in [1.29, 1.82) is 0 Å². The molecule has 2 fully saturated rings. The molecule has 16 heteroatoms. The summed E-state index contributed by atoms with van der Waals surface area (Å²) in [5.41, 5.74) is 2.38. The fourth-order valence-electron chi connectivity index (χ4n) is 6.04. The molecule has 1 atom stereocenters. The van der Waals surface area contributed by atoms with E-state index >= 15 is 0 Å². The van der Waals surface area contributed by atoms with E-state index in [-0.39, 0.29) is 6.10 Å². The van der Waals surface area contributed by atoms with Crippen molar-refractivity contribution >= 4 is 23.2 Å². The summed E-state index contributed by atoms with van der Waals surface area (Å²) in [4.78, 5) is 11.8. The summed E-state index contributed by atoms with van der Waals surface area (Å²) in [6, 6.07) is 6.48. The number of nitrogens with one attached hydrogen (secondary N) is 1. The molecule has 48 heavy (non-hydrogen) atoms. The van der Waals surface area contributed by atoms with Crippen molar-refractivity contribution in [2.45, 2.75) is 57.3 Å². The minimum absolute atomic E-state index is 0.210. The zero-order chi connectivity index (χ0) is 33.1. The average molecular weight is 683 g/mol. The van der Waals surface area contributed by atoms with Crippen LogP contribution in [0, 0.1) is 0 Å². The maximum absolute atomic E-state index is 6.46. The van der Waals surface area contributed by atoms with Crippen LogP contribution in [0.25, 0.3) is 11.1 Å². The molecule has 1 saturated heterocycles. The first-order chi connectivity index (χ1) is 23.6. The Balaban J connectivity index is 1.11. The normalized spacial score (nSPS) is 19.2. The third kappa shape index (κ3) is 9.17. The number of rotatable bonds is 16. The van der Waals surface area contributed by atoms with Crippen molar-refractivity contribution in [3.63, 3.8) is 0 Å². The number of anilines is 2. The summed E-state index contributed by atoms with van der Waals surface area (Å²) in [6.45, 7) is 7.92. The van der Waals surface area contributed by atoms with Crippen molar-refractivity contribution in [2.24, 2.45) is 0 Å². The minimum atomic E-state index is -0.210. The van der Waals surface area contributed by atoms with Gasteiger partial charge in [-0.25, -0.2) is 14.6 Å². The third-order valence-electron chi connectivity index (χ3n) is 8.53. The fraction of sp³-hybridized carbons (Fsp3) is 0.562. The summed E-state index contributed by atoms with van der Waals surface area (Å²) < 4.78 is 32.0. The van der Waals surface area contributed by atoms with Crippen LogP contribution in [0.15, 0.2) is 43.1 Å². The van der Waals surface area contributed by atoms with Crippen LogP contribution in [0.2, 0.25) is 5.02 Å². The Hall–Kier alpha value is -3.89. The van der Waals surface area contributed by atoms with Crippen LogP contribution in [0.4, 0.5) is 11.6 Å². The molecule has 0 unspecified atom stereocenters. The molecule has 3 aromatic heterocycles. The molecule has 2 aliphatic rings. The summed E-state index contributed by atoms with van der Waals surface area (Å²) in [5, 5.41) is 19.9. The molecule has 15 nitrogen and oxygen atoms in total. The van der Waals surface area contributed by atoms with Gasteiger partial charge >= 0.3 is 0 Å². The first kappa shape index (κ1) is 34.0. The number of hydrogen-bond donors (Lipinski definition) is 1. The summed E-state index contributed by atoms with van der Waals surface area (Å²) in [5.74, 6) is 1.47. The van der Waals surface area contributed by atoms with Gasteiger partial charge in [0.1, 0.15) is 30.5 Å². The number of aromatic nitrogens is 8. The molecule has 1 N–H and O–H groups in total. The van der Waals surface area contributed by atoms with Crippen LogP contribution in [0.5, 0.6) is 11.6 Å². The van der Waals surface area contributed by atoms with E-state index in [1.54, 1.807) is 36.6 Å². The van der Waals surface area contributed by atoms with E-state index in [2.05, 4.69) is 35.7 Å². The van der Waals surface area contributed by atoms with Crippen LogP contribution in [0.1, 0.15) is 38.6 Å². The van der Waals surface area contributed by atoms with Gasteiger partial charge in [0, 0.05) is 44.2 Å². The van der Waals surface area contributed by atoms with Gasteiger partial charge in [0.25, 0.3) is 5.88 Å². The zero-order valence-electron chi connectivity index (χ0n) is 27.4. The molecule has 0 bridgehead atoms. The summed E-state index contributed by atoms with van der Waals surface area (Å²) in [6.07, 6.45) is 11.2. The van der Waals surface area contributed by atoms with Gasteiger partial charge in [0.05, 0.1) is 56.8 Å². The highest BCUT2D eigenvalue weighted by atomic mass is 35.5. The van der Waals surface area contributed by atoms with Gasteiger partial charge in [0.2, 0.25) is 5.95 Å². The molecule has 0 spiro atoms. The molecule has 258 valence electrons. The van der Waals surface area contributed by atoms with E-state index < -0.39 is 0 Å². The van der Waals surface area contributed by atoms with Gasteiger partial charge in [-0.3, -0.25) is 9.58 Å². The van der Waals surface area contributed by atoms with E-state index in [0.29, 0.717) is 73.3 Å². The van der Waals surface area contributed by atoms with Gasteiger partial charge in [-0.2, -0.15) is 0 Å². The second-order valence-corrected chi connectivity index (χ2v) is 12.3. The molecule has 1 aliphatic carbocycles. The van der Waals surface area contributed by atoms with Crippen molar-refractivity contribution in [3.05, 3.63) is 48.1 Å². The number of benzene rings is 1. The smallest absolute Gasteiger partial charge is 0.257 e. The first-order valence-electron chi connectivity index (χ1n) is 16.4. The van der Waals surface area contributed by atoms with Crippen molar-refractivity contribution in [2.75, 3.05) is 65.2 Å². The second kappa shape index (κ2) is 17.0. The second-order valence-electron chi connectivity index (χ2n) is 11.9. The number of nitrogens with zero attached hydrogens (tertiary/aromatic N) is 9. The number of morpholine rings is 1. The van der Waals surface area contributed by atoms with Gasteiger partial charge < -0.3 is 29.0 Å². The SMILES string of the molecule is COCCOCCOc1nn([C@H]2CC[C@H](N3CCOCC3)CC2)cc1Nc1ncc(-c2ccc(Cl)c(O[C@@H](C)Cn3cnnn3)c2)cn1. The molecule has 0 amide bonds. The summed E-state index contributed by atoms with van der Waals surface area (Å²) >= 11 is 6.46. The number of hydrogen-bond acceptors (Lipinski definition) is 13. The van der Waals surface area contributed by atoms with Crippen LogP contribution in [0.3, 0.4) is 0 Å². The van der Waals surface area contributed by atoms with Gasteiger partial charge in [-0.15, -0.1) is 10.2 Å². The predicted molar refractivity (Wildman–Crippen MR) is 178 cm³/mol. The average Bonchev–Trinajstić information content (AvgIpc) is 3.78. The number of halogens is 1. The Labute approximate surface area is 284 Å². The Morgan fingerprint density at radius 1 is 1.00 bits per heavy atom. The Morgan fingerprint density at radius 3 is 2.52 bits per heavy atom. The Bertz CT molecular complexity index is 1540. The first-order valence-corrected chi connectivity index (χ1v) is 16.8. The Kier molecular flexibility index (Phi) is 12.0. The minimum Gasteiger partial charge on any atom is -0.487 e. The highest BCUT2D eigenvalue weighted by Gasteiger charge is 2.29. The van der Waals surface area contributed by atoms with Crippen LogP contribution in [-0.2, 0) is 20.8 Å². The molecule has 0 radical (unpaired) electrons. The molecule has 1 aromatic carbocycles. The van der Waals surface area contributed by atoms with E-state index in [1.165, 1.54) is 0 Å². The molecule has 1 saturated carbocycles. The lowest BCUT2D eigenvalue weighted by atomic mass is 9.90. The molecular weight excluding hydrogens is 640 g/mol. The Morgan fingerprint density at radius 2 is 1.77 bits per heavy atom. The third-order valence-corrected chi connectivity index (χ3v) is 8.84. The number of ether oxygens (including phenoxy) is 5. The van der Waals surface area contributed by atoms with Crippen LogP contribution >= 0.6 is 11.6 Å². The van der Waals surface area contributed by atoms with Gasteiger partial charge in [0.15, 0.2) is 0 Å². The lowest BCUT2D eigenvalue weighted by molar-refractivity contribution is 0.00501. The van der Waals surface area contributed by atoms with Crippen LogP contribution < -0.4 is 14.8 Å². The van der Waals surface area contributed by atoms with Gasteiger partial charge in [-0.05, 0) is 60.7 Å². The fourth-order valence-corrected chi connectivity index (χ4v) is 6.21. The van der Waals surface area contributed by atoms with E-state index in [0.717, 1.165) is 63.1 Å². The predicted octanol–water partition coefficient (Wildman–Crippen LogP) is 4.05. The molecule has 4 aromatic rings. The van der Waals surface area contributed by atoms with E-state index in [9.17, 15) is 0 Å². The number of tetrazole rings is 1. The van der Waals surface area contributed by atoms with E-state index in [4.69, 9.17) is 40.4 Å². The quantitative estimate of drug-likeness (QED) is 0.170. The molecule has 6 rings (SSSR count). The zero-order valence-corrected chi connectivity index (χ0v) is 28.2. The van der Waals surface area contributed by atoms with Crippen molar-refractivity contribution in [3.8, 4) is 22.8 Å². The highest BCUT2D eigenvalue weighted by molar-refractivity contribution is 6.32. The van der Waals surface area contributed by atoms with Crippen molar-refractivity contribution < 1.29 is 23.7 Å².